The number of hydrogen-bond acceptors (Lipinski definition) is 4. The Morgan fingerprint density at radius 2 is 1.74 bits per heavy atom. The minimum absolute atomic E-state index is 0.133. The summed E-state index contributed by atoms with van der Waals surface area (Å²) in [7, 11) is 3.20. The molecule has 0 radical (unpaired) electrons. The van der Waals surface area contributed by atoms with Crippen LogP contribution in [0.3, 0.4) is 0 Å². The van der Waals surface area contributed by atoms with E-state index in [1.165, 1.54) is 6.08 Å². The Morgan fingerprint density at radius 3 is 2.47 bits per heavy atom. The van der Waals surface area contributed by atoms with Gasteiger partial charge < -0.3 is 20.1 Å². The van der Waals surface area contributed by atoms with Crippen molar-refractivity contribution >= 4 is 17.9 Å². The Hall–Kier alpha value is -4.06. The van der Waals surface area contributed by atoms with Crippen molar-refractivity contribution in [1.82, 2.24) is 10.6 Å². The third-order valence-electron chi connectivity index (χ3n) is 6.92. The van der Waals surface area contributed by atoms with Crippen LogP contribution in [0.25, 0.3) is 6.08 Å². The minimum Gasteiger partial charge on any atom is -0.497 e. The van der Waals surface area contributed by atoms with Crippen molar-refractivity contribution in [3.63, 3.8) is 0 Å². The summed E-state index contributed by atoms with van der Waals surface area (Å²) < 4.78 is 11.3. The lowest BCUT2D eigenvalue weighted by Gasteiger charge is -2.33. The van der Waals surface area contributed by atoms with Crippen LogP contribution in [-0.4, -0.2) is 26.0 Å². The molecular formula is C28H26N2O4. The molecule has 3 atom stereocenters. The van der Waals surface area contributed by atoms with E-state index in [0.717, 1.165) is 22.3 Å². The number of amides is 2. The van der Waals surface area contributed by atoms with Crippen LogP contribution >= 0.6 is 0 Å². The molecule has 0 saturated carbocycles. The highest BCUT2D eigenvalue weighted by atomic mass is 16.5. The molecule has 0 bridgehead atoms. The molecule has 2 amide bonds. The van der Waals surface area contributed by atoms with E-state index in [-0.39, 0.29) is 17.7 Å². The molecule has 34 heavy (non-hydrogen) atoms. The molecule has 1 aliphatic heterocycles. The zero-order valence-corrected chi connectivity index (χ0v) is 19.3. The SMILES string of the molecule is COc1cc(OC)c2c(c1)[C@@]1(NC(=O)c3ccccc31)[C@@H](C)[C@@H]2NC(=O)/C=C/c1ccccc1. The molecule has 6 nitrogen and oxygen atoms in total. The van der Waals surface area contributed by atoms with Gasteiger partial charge in [-0.2, -0.15) is 0 Å². The number of rotatable bonds is 5. The zero-order chi connectivity index (χ0) is 23.9. The van der Waals surface area contributed by atoms with E-state index in [9.17, 15) is 9.59 Å². The molecular weight excluding hydrogens is 428 g/mol. The highest BCUT2D eigenvalue weighted by Gasteiger charge is 2.57. The molecule has 5 rings (SSSR count). The van der Waals surface area contributed by atoms with Crippen LogP contribution in [0.15, 0.2) is 72.8 Å². The van der Waals surface area contributed by atoms with Crippen LogP contribution in [0, 0.1) is 5.92 Å². The average Bonchev–Trinajstić information content (AvgIpc) is 3.30. The summed E-state index contributed by atoms with van der Waals surface area (Å²) in [5.41, 5.74) is 3.36. The first-order valence-corrected chi connectivity index (χ1v) is 11.2. The molecule has 0 saturated heterocycles. The van der Waals surface area contributed by atoms with Gasteiger partial charge in [-0.05, 0) is 34.9 Å². The maximum Gasteiger partial charge on any atom is 0.252 e. The molecule has 3 aromatic rings. The van der Waals surface area contributed by atoms with E-state index < -0.39 is 11.6 Å². The van der Waals surface area contributed by atoms with E-state index in [0.29, 0.717) is 17.1 Å². The minimum atomic E-state index is -0.814. The summed E-state index contributed by atoms with van der Waals surface area (Å²) in [5, 5.41) is 6.41. The number of methoxy groups -OCH3 is 2. The molecule has 0 unspecified atom stereocenters. The van der Waals surface area contributed by atoms with E-state index in [2.05, 4.69) is 10.6 Å². The molecule has 1 heterocycles. The first kappa shape index (κ1) is 21.8. The van der Waals surface area contributed by atoms with Crippen LogP contribution in [0.4, 0.5) is 0 Å². The third kappa shape index (κ3) is 3.25. The van der Waals surface area contributed by atoms with Crippen LogP contribution < -0.4 is 20.1 Å². The summed E-state index contributed by atoms with van der Waals surface area (Å²) in [6, 6.07) is 20.6. The quantitative estimate of drug-likeness (QED) is 0.567. The van der Waals surface area contributed by atoms with Gasteiger partial charge in [0.15, 0.2) is 0 Å². The Balaban J connectivity index is 1.61. The smallest absolute Gasteiger partial charge is 0.252 e. The van der Waals surface area contributed by atoms with Gasteiger partial charge in [0, 0.05) is 29.2 Å². The van der Waals surface area contributed by atoms with Gasteiger partial charge in [-0.25, -0.2) is 0 Å². The summed E-state index contributed by atoms with van der Waals surface area (Å²) in [5.74, 6) is 0.682. The van der Waals surface area contributed by atoms with Crippen molar-refractivity contribution in [2.45, 2.75) is 18.5 Å². The van der Waals surface area contributed by atoms with Crippen molar-refractivity contribution in [2.24, 2.45) is 5.92 Å². The molecule has 2 N–H and O–H groups in total. The second-order valence-corrected chi connectivity index (χ2v) is 8.62. The normalized spacial score (nSPS) is 22.4. The van der Waals surface area contributed by atoms with Crippen LogP contribution in [0.5, 0.6) is 11.5 Å². The fourth-order valence-corrected chi connectivity index (χ4v) is 5.33. The number of carbonyl (C=O) groups is 2. The second kappa shape index (κ2) is 8.37. The van der Waals surface area contributed by atoms with Crippen molar-refractivity contribution < 1.29 is 19.1 Å². The summed E-state index contributed by atoms with van der Waals surface area (Å²) in [6.45, 7) is 2.04. The third-order valence-corrected chi connectivity index (χ3v) is 6.92. The van der Waals surface area contributed by atoms with Gasteiger partial charge in [-0.3, -0.25) is 9.59 Å². The monoisotopic (exact) mass is 454 g/mol. The first-order chi connectivity index (χ1) is 16.5. The van der Waals surface area contributed by atoms with E-state index in [1.807, 2.05) is 73.7 Å². The molecule has 3 aromatic carbocycles. The molecule has 6 heteroatoms. The zero-order valence-electron chi connectivity index (χ0n) is 19.3. The van der Waals surface area contributed by atoms with Gasteiger partial charge in [0.25, 0.3) is 5.91 Å². The van der Waals surface area contributed by atoms with E-state index in [1.54, 1.807) is 20.3 Å². The van der Waals surface area contributed by atoms with Gasteiger partial charge in [0.05, 0.1) is 25.8 Å². The first-order valence-electron chi connectivity index (χ1n) is 11.2. The van der Waals surface area contributed by atoms with E-state index in [4.69, 9.17) is 9.47 Å². The van der Waals surface area contributed by atoms with Crippen molar-refractivity contribution in [1.29, 1.82) is 0 Å². The molecule has 0 fully saturated rings. The second-order valence-electron chi connectivity index (χ2n) is 8.62. The molecule has 1 spiro atoms. The van der Waals surface area contributed by atoms with E-state index >= 15 is 0 Å². The molecule has 172 valence electrons. The number of carbonyl (C=O) groups excluding carboxylic acids is 2. The Labute approximate surface area is 198 Å². The van der Waals surface area contributed by atoms with Crippen LogP contribution in [0.1, 0.15) is 45.6 Å². The summed E-state index contributed by atoms with van der Waals surface area (Å²) >= 11 is 0. The topological polar surface area (TPSA) is 76.7 Å². The van der Waals surface area contributed by atoms with Crippen molar-refractivity contribution in [2.75, 3.05) is 14.2 Å². The fourth-order valence-electron chi connectivity index (χ4n) is 5.33. The number of ether oxygens (including phenoxy) is 2. The summed E-state index contributed by atoms with van der Waals surface area (Å²) in [4.78, 5) is 26.0. The predicted octanol–water partition coefficient (Wildman–Crippen LogP) is 4.21. The van der Waals surface area contributed by atoms with Crippen molar-refractivity contribution in [3.8, 4) is 11.5 Å². The lowest BCUT2D eigenvalue weighted by atomic mass is 9.78. The predicted molar refractivity (Wildman–Crippen MR) is 130 cm³/mol. The number of benzene rings is 3. The lowest BCUT2D eigenvalue weighted by molar-refractivity contribution is -0.117. The highest BCUT2D eigenvalue weighted by molar-refractivity contribution is 6.01. The average molecular weight is 455 g/mol. The Kier molecular flexibility index (Phi) is 5.36. The molecule has 1 aliphatic carbocycles. The lowest BCUT2D eigenvalue weighted by Crippen LogP contribution is -2.45. The van der Waals surface area contributed by atoms with Gasteiger partial charge in [-0.1, -0.05) is 55.5 Å². The number of hydrogen-bond donors (Lipinski definition) is 2. The largest absolute Gasteiger partial charge is 0.497 e. The fraction of sp³-hybridized carbons (Fsp3) is 0.214. The Morgan fingerprint density at radius 1 is 1.00 bits per heavy atom. The van der Waals surface area contributed by atoms with Gasteiger partial charge in [0.1, 0.15) is 11.5 Å². The number of nitrogens with one attached hydrogen (secondary N) is 2. The molecule has 2 aliphatic rings. The van der Waals surface area contributed by atoms with Gasteiger partial charge >= 0.3 is 0 Å². The standard InChI is InChI=1S/C28H26N2O4/c1-17-26(29-24(31)14-13-18-9-5-4-6-10-18)25-22(15-19(33-2)16-23(25)34-3)28(17)21-12-8-7-11-20(21)27(32)30-28/h4-17,26H,1-3H3,(H,29,31)(H,30,32)/b14-13+/t17-,26-,28+/m0/s1. The summed E-state index contributed by atoms with van der Waals surface area (Å²) in [6.07, 6.45) is 3.31. The molecule has 0 aromatic heterocycles. The van der Waals surface area contributed by atoms with Crippen LogP contribution in [-0.2, 0) is 10.3 Å². The van der Waals surface area contributed by atoms with Crippen molar-refractivity contribution in [3.05, 3.63) is 101 Å². The van der Waals surface area contributed by atoms with Crippen LogP contribution in [0.2, 0.25) is 0 Å². The van der Waals surface area contributed by atoms with Gasteiger partial charge in [0.2, 0.25) is 5.91 Å². The maximum absolute atomic E-state index is 13.0. The maximum atomic E-state index is 13.0. The number of fused-ring (bicyclic) bond motifs is 4. The van der Waals surface area contributed by atoms with Gasteiger partial charge in [-0.15, -0.1) is 0 Å². The highest BCUT2D eigenvalue weighted by Crippen LogP contribution is 2.57. The Bertz CT molecular complexity index is 1300.